The zero-order valence-electron chi connectivity index (χ0n) is 13.9. The summed E-state index contributed by atoms with van der Waals surface area (Å²) in [5, 5.41) is 3.01. The number of ether oxygens (including phenoxy) is 1. The van der Waals surface area contributed by atoms with Gasteiger partial charge in [0.05, 0.1) is 16.4 Å². The molecule has 0 fully saturated rings. The molecule has 8 nitrogen and oxygen atoms in total. The zero-order chi connectivity index (χ0) is 17.5. The van der Waals surface area contributed by atoms with Crippen molar-refractivity contribution in [2.75, 3.05) is 47.4 Å². The molecule has 11 heteroatoms. The molecule has 0 spiro atoms. The predicted octanol–water partition coefficient (Wildman–Crippen LogP) is -0.127. The molecule has 0 amide bonds. The van der Waals surface area contributed by atoms with Crippen molar-refractivity contribution < 1.29 is 21.6 Å². The van der Waals surface area contributed by atoms with Gasteiger partial charge in [0, 0.05) is 40.8 Å². The maximum Gasteiger partial charge on any atom is 0.242 e. The topological polar surface area (TPSA) is 105 Å². The molecule has 0 aliphatic carbocycles. The van der Waals surface area contributed by atoms with E-state index >= 15 is 0 Å². The molecule has 1 rings (SSSR count). The third-order valence-electron chi connectivity index (χ3n) is 2.97. The Hall–Kier alpha value is -0.750. The fraction of sp³-hybridized carbons (Fsp3) is 0.538. The largest absolute Gasteiger partial charge is 0.383 e. The summed E-state index contributed by atoms with van der Waals surface area (Å²) in [6.45, 7) is 1.79. The SMILES string of the molecule is COCCNCCNS(=O)(=O)c1cccc(S(=O)(=O)N(C)C)c1.Cl. The summed E-state index contributed by atoms with van der Waals surface area (Å²) in [6.07, 6.45) is 0. The van der Waals surface area contributed by atoms with Gasteiger partial charge in [0.1, 0.15) is 0 Å². The Morgan fingerprint density at radius 1 is 1.04 bits per heavy atom. The van der Waals surface area contributed by atoms with E-state index in [4.69, 9.17) is 4.74 Å². The molecule has 0 unspecified atom stereocenters. The summed E-state index contributed by atoms with van der Waals surface area (Å²) >= 11 is 0. The number of methoxy groups -OCH3 is 1. The first kappa shape index (κ1) is 23.2. The molecule has 0 aromatic heterocycles. The summed E-state index contributed by atoms with van der Waals surface area (Å²) in [6, 6.07) is 5.27. The number of hydrogen-bond donors (Lipinski definition) is 2. The highest BCUT2D eigenvalue weighted by molar-refractivity contribution is 7.90. The number of nitrogens with one attached hydrogen (secondary N) is 2. The molecule has 1 aromatic carbocycles. The Balaban J connectivity index is 0.00000529. The van der Waals surface area contributed by atoms with Gasteiger partial charge >= 0.3 is 0 Å². The number of sulfonamides is 2. The fourth-order valence-electron chi connectivity index (χ4n) is 1.67. The maximum absolute atomic E-state index is 12.2. The standard InChI is InChI=1S/C13H23N3O5S2.ClH/c1-16(2)23(19,20)13-6-4-5-12(11-13)22(17,18)15-8-7-14-9-10-21-3;/h4-6,11,14-15H,7-10H2,1-3H3;1H. The minimum absolute atomic E-state index is 0. The van der Waals surface area contributed by atoms with Crippen molar-refractivity contribution in [3.05, 3.63) is 24.3 Å². The first-order valence-corrected chi connectivity index (χ1v) is 9.86. The highest BCUT2D eigenvalue weighted by atomic mass is 35.5. The molecular formula is C13H24ClN3O5S2. The first-order chi connectivity index (χ1) is 10.7. The van der Waals surface area contributed by atoms with Gasteiger partial charge in [0.15, 0.2) is 0 Å². The molecule has 1 aromatic rings. The van der Waals surface area contributed by atoms with Crippen molar-refractivity contribution in [2.45, 2.75) is 9.79 Å². The molecule has 0 radical (unpaired) electrons. The fourth-order valence-corrected chi connectivity index (χ4v) is 3.77. The van der Waals surface area contributed by atoms with Crippen LogP contribution < -0.4 is 10.0 Å². The van der Waals surface area contributed by atoms with Gasteiger partial charge < -0.3 is 10.1 Å². The van der Waals surface area contributed by atoms with Crippen molar-refractivity contribution in [3.8, 4) is 0 Å². The van der Waals surface area contributed by atoms with Gasteiger partial charge in [-0.15, -0.1) is 12.4 Å². The van der Waals surface area contributed by atoms with E-state index < -0.39 is 20.0 Å². The van der Waals surface area contributed by atoms with Crippen LogP contribution in [0, 0.1) is 0 Å². The van der Waals surface area contributed by atoms with Crippen LogP contribution >= 0.6 is 12.4 Å². The number of halogens is 1. The summed E-state index contributed by atoms with van der Waals surface area (Å²) in [5.74, 6) is 0. The second-order valence-corrected chi connectivity index (χ2v) is 8.82. The van der Waals surface area contributed by atoms with Crippen LogP contribution in [0.3, 0.4) is 0 Å². The number of nitrogens with zero attached hydrogens (tertiary/aromatic N) is 1. The molecule has 0 aliphatic rings. The lowest BCUT2D eigenvalue weighted by Crippen LogP contribution is -2.33. The van der Waals surface area contributed by atoms with E-state index in [9.17, 15) is 16.8 Å². The summed E-state index contributed by atoms with van der Waals surface area (Å²) in [5.41, 5.74) is 0. The zero-order valence-corrected chi connectivity index (χ0v) is 16.3. The van der Waals surface area contributed by atoms with Gasteiger partial charge in [-0.25, -0.2) is 25.9 Å². The summed E-state index contributed by atoms with van der Waals surface area (Å²) in [7, 11) is -3.08. The molecule has 0 heterocycles. The van der Waals surface area contributed by atoms with Crippen LogP contribution in [0.15, 0.2) is 34.1 Å². The quantitative estimate of drug-likeness (QED) is 0.529. The van der Waals surface area contributed by atoms with Gasteiger partial charge in [0.2, 0.25) is 20.0 Å². The van der Waals surface area contributed by atoms with Gasteiger partial charge in [-0.3, -0.25) is 0 Å². The van der Waals surface area contributed by atoms with Gasteiger partial charge in [-0.2, -0.15) is 0 Å². The van der Waals surface area contributed by atoms with Crippen LogP contribution in [0.4, 0.5) is 0 Å². The Morgan fingerprint density at radius 3 is 2.25 bits per heavy atom. The van der Waals surface area contributed by atoms with Crippen LogP contribution in [-0.4, -0.2) is 68.6 Å². The van der Waals surface area contributed by atoms with Crippen LogP contribution in [-0.2, 0) is 24.8 Å². The molecule has 0 bridgehead atoms. The van der Waals surface area contributed by atoms with E-state index in [0.29, 0.717) is 19.7 Å². The summed E-state index contributed by atoms with van der Waals surface area (Å²) < 4.78 is 56.8. The molecule has 0 saturated carbocycles. The van der Waals surface area contributed by atoms with Gasteiger partial charge in [-0.1, -0.05) is 6.07 Å². The Kier molecular flexibility index (Phi) is 9.97. The molecule has 140 valence electrons. The third kappa shape index (κ3) is 6.63. The average molecular weight is 402 g/mol. The lowest BCUT2D eigenvalue weighted by Gasteiger charge is -2.13. The van der Waals surface area contributed by atoms with Crippen LogP contribution in [0.1, 0.15) is 0 Å². The predicted molar refractivity (Wildman–Crippen MR) is 94.5 cm³/mol. The molecule has 24 heavy (non-hydrogen) atoms. The van der Waals surface area contributed by atoms with Gasteiger partial charge in [-0.05, 0) is 18.2 Å². The first-order valence-electron chi connectivity index (χ1n) is 6.93. The van der Waals surface area contributed by atoms with Crippen LogP contribution in [0.5, 0.6) is 0 Å². The number of benzene rings is 1. The molecular weight excluding hydrogens is 378 g/mol. The number of hydrogen-bond acceptors (Lipinski definition) is 6. The van der Waals surface area contributed by atoms with Crippen molar-refractivity contribution in [2.24, 2.45) is 0 Å². The highest BCUT2D eigenvalue weighted by Gasteiger charge is 2.20. The lowest BCUT2D eigenvalue weighted by atomic mass is 10.4. The van der Waals surface area contributed by atoms with E-state index in [1.807, 2.05) is 0 Å². The maximum atomic E-state index is 12.2. The van der Waals surface area contributed by atoms with Crippen molar-refractivity contribution in [1.29, 1.82) is 0 Å². The normalized spacial score (nSPS) is 12.2. The number of rotatable bonds is 10. The van der Waals surface area contributed by atoms with Gasteiger partial charge in [0.25, 0.3) is 0 Å². The van der Waals surface area contributed by atoms with E-state index in [-0.39, 0.29) is 28.7 Å². The smallest absolute Gasteiger partial charge is 0.242 e. The summed E-state index contributed by atoms with van der Waals surface area (Å²) in [4.78, 5) is -0.152. The minimum atomic E-state index is -3.77. The molecule has 2 N–H and O–H groups in total. The van der Waals surface area contributed by atoms with Crippen molar-refractivity contribution in [3.63, 3.8) is 0 Å². The van der Waals surface area contributed by atoms with E-state index in [1.54, 1.807) is 7.11 Å². The molecule has 0 saturated heterocycles. The Bertz CT molecular complexity index is 708. The second-order valence-electron chi connectivity index (χ2n) is 4.90. The van der Waals surface area contributed by atoms with Crippen molar-refractivity contribution >= 4 is 32.5 Å². The average Bonchev–Trinajstić information content (AvgIpc) is 2.50. The Morgan fingerprint density at radius 2 is 1.67 bits per heavy atom. The van der Waals surface area contributed by atoms with Crippen LogP contribution in [0.25, 0.3) is 0 Å². The van der Waals surface area contributed by atoms with Crippen molar-refractivity contribution in [1.82, 2.24) is 14.3 Å². The second kappa shape index (κ2) is 10.3. The van der Waals surface area contributed by atoms with E-state index in [1.165, 1.54) is 32.3 Å². The van der Waals surface area contributed by atoms with Crippen LogP contribution in [0.2, 0.25) is 0 Å². The minimum Gasteiger partial charge on any atom is -0.383 e. The Labute approximate surface area is 150 Å². The molecule has 0 aliphatic heterocycles. The molecule has 0 atom stereocenters. The third-order valence-corrected chi connectivity index (χ3v) is 6.24. The van der Waals surface area contributed by atoms with E-state index in [0.717, 1.165) is 10.4 Å². The highest BCUT2D eigenvalue weighted by Crippen LogP contribution is 2.17. The monoisotopic (exact) mass is 401 g/mol. The van der Waals surface area contributed by atoms with E-state index in [2.05, 4.69) is 10.0 Å². The lowest BCUT2D eigenvalue weighted by molar-refractivity contribution is 0.199.